The number of hydrogen-bond acceptors (Lipinski definition) is 2. The van der Waals surface area contributed by atoms with Crippen LogP contribution in [0.1, 0.15) is 65.2 Å². The zero-order chi connectivity index (χ0) is 13.7. The number of hydrogen-bond donors (Lipinski definition) is 0. The van der Waals surface area contributed by atoms with Crippen molar-refractivity contribution in [3.8, 4) is 0 Å². The Labute approximate surface area is 117 Å². The molecule has 2 rings (SSSR count). The predicted octanol–water partition coefficient (Wildman–Crippen LogP) is 4.70. The molecule has 0 radical (unpaired) electrons. The lowest BCUT2D eigenvalue weighted by molar-refractivity contribution is -0.144. The van der Waals surface area contributed by atoms with Gasteiger partial charge >= 0.3 is 5.97 Å². The molecule has 0 aromatic heterocycles. The summed E-state index contributed by atoms with van der Waals surface area (Å²) in [4.78, 5) is 11.8. The van der Waals surface area contributed by atoms with Crippen molar-refractivity contribution >= 4 is 5.97 Å². The first kappa shape index (κ1) is 14.6. The van der Waals surface area contributed by atoms with Crippen LogP contribution in [0, 0.1) is 23.7 Å². The van der Waals surface area contributed by atoms with Gasteiger partial charge in [-0.15, -0.1) is 0 Å². The van der Waals surface area contributed by atoms with Crippen LogP contribution in [-0.2, 0) is 9.53 Å². The fourth-order valence-corrected chi connectivity index (χ4v) is 3.81. The Morgan fingerprint density at radius 2 is 1.47 bits per heavy atom. The molecule has 19 heavy (non-hydrogen) atoms. The summed E-state index contributed by atoms with van der Waals surface area (Å²) in [5.74, 6) is 2.87. The molecule has 0 N–H and O–H groups in total. The molecular formula is C17H28O2. The van der Waals surface area contributed by atoms with Crippen LogP contribution >= 0.6 is 0 Å². The van der Waals surface area contributed by atoms with E-state index < -0.39 is 0 Å². The Balaban J connectivity index is 1.74. The highest BCUT2D eigenvalue weighted by atomic mass is 16.5. The van der Waals surface area contributed by atoms with Crippen LogP contribution in [0.3, 0.4) is 0 Å². The third kappa shape index (κ3) is 4.09. The van der Waals surface area contributed by atoms with E-state index in [0.717, 1.165) is 30.6 Å². The van der Waals surface area contributed by atoms with E-state index in [-0.39, 0.29) is 11.9 Å². The third-order valence-corrected chi connectivity index (χ3v) is 5.15. The molecule has 2 fully saturated rings. The zero-order valence-corrected chi connectivity index (χ0v) is 12.4. The molecule has 0 saturated heterocycles. The third-order valence-electron chi connectivity index (χ3n) is 5.15. The molecular weight excluding hydrogens is 236 g/mol. The quantitative estimate of drug-likeness (QED) is 0.545. The van der Waals surface area contributed by atoms with E-state index >= 15 is 0 Å². The number of allylic oxidation sites excluding steroid dienone is 1. The largest absolute Gasteiger partial charge is 0.435 e. The molecule has 2 heteroatoms. The summed E-state index contributed by atoms with van der Waals surface area (Å²) in [6.45, 7) is 4.25. The van der Waals surface area contributed by atoms with E-state index in [1.807, 2.05) is 6.92 Å². The second kappa shape index (κ2) is 7.12. The van der Waals surface area contributed by atoms with Crippen LogP contribution in [0.4, 0.5) is 0 Å². The Kier molecular flexibility index (Phi) is 5.47. The van der Waals surface area contributed by atoms with Crippen LogP contribution < -0.4 is 0 Å². The Bertz CT molecular complexity index is 305. The normalized spacial score (nSPS) is 36.3. The van der Waals surface area contributed by atoms with Gasteiger partial charge in [0.2, 0.25) is 0 Å². The highest BCUT2D eigenvalue weighted by Crippen LogP contribution is 2.41. The molecule has 0 heterocycles. The summed E-state index contributed by atoms with van der Waals surface area (Å²) in [6, 6.07) is 0. The van der Waals surface area contributed by atoms with E-state index in [9.17, 15) is 4.79 Å². The Morgan fingerprint density at radius 1 is 0.947 bits per heavy atom. The van der Waals surface area contributed by atoms with Crippen LogP contribution in [-0.4, -0.2) is 5.97 Å². The van der Waals surface area contributed by atoms with Gasteiger partial charge in [0.1, 0.15) is 0 Å². The minimum Gasteiger partial charge on any atom is -0.435 e. The second-order valence-corrected chi connectivity index (χ2v) is 6.54. The fraction of sp³-hybridized carbons (Fsp3) is 0.824. The van der Waals surface area contributed by atoms with Crippen molar-refractivity contribution in [2.45, 2.75) is 65.2 Å². The maximum absolute atomic E-state index is 11.8. The number of esters is 1. The van der Waals surface area contributed by atoms with Gasteiger partial charge in [-0.25, -0.2) is 0 Å². The standard InChI is InChI=1S/C17H28O2/c1-3-12-19-17(18)16-10-8-15(9-11-16)14-6-4-13(2)5-7-14/h3,12-16H,4-11H2,1-2H3. The molecule has 0 aliphatic heterocycles. The summed E-state index contributed by atoms with van der Waals surface area (Å²) in [6.07, 6.45) is 13.5. The highest BCUT2D eigenvalue weighted by Gasteiger charge is 2.32. The Hall–Kier alpha value is -0.790. The van der Waals surface area contributed by atoms with E-state index in [2.05, 4.69) is 6.92 Å². The van der Waals surface area contributed by atoms with E-state index in [0.29, 0.717) is 0 Å². The van der Waals surface area contributed by atoms with Crippen molar-refractivity contribution in [3.63, 3.8) is 0 Å². The fourth-order valence-electron chi connectivity index (χ4n) is 3.81. The second-order valence-electron chi connectivity index (χ2n) is 6.54. The van der Waals surface area contributed by atoms with Crippen molar-refractivity contribution in [2.75, 3.05) is 0 Å². The summed E-state index contributed by atoms with van der Waals surface area (Å²) < 4.78 is 5.11. The lowest BCUT2D eigenvalue weighted by atomic mass is 9.69. The van der Waals surface area contributed by atoms with Gasteiger partial charge in [-0.3, -0.25) is 4.79 Å². The molecule has 2 saturated carbocycles. The summed E-state index contributed by atoms with van der Waals surface area (Å²) in [7, 11) is 0. The average molecular weight is 264 g/mol. The van der Waals surface area contributed by atoms with Crippen molar-refractivity contribution < 1.29 is 9.53 Å². The summed E-state index contributed by atoms with van der Waals surface area (Å²) in [5.41, 5.74) is 0. The number of carbonyl (C=O) groups is 1. The van der Waals surface area contributed by atoms with E-state index in [1.54, 1.807) is 6.08 Å². The molecule has 2 aliphatic rings. The molecule has 0 amide bonds. The summed E-state index contributed by atoms with van der Waals surface area (Å²) >= 11 is 0. The molecule has 0 aromatic rings. The van der Waals surface area contributed by atoms with Gasteiger partial charge in [0, 0.05) is 0 Å². The van der Waals surface area contributed by atoms with Crippen LogP contribution in [0.5, 0.6) is 0 Å². The highest BCUT2D eigenvalue weighted by molar-refractivity contribution is 5.73. The minimum absolute atomic E-state index is 0.0196. The number of rotatable bonds is 3. The van der Waals surface area contributed by atoms with Crippen LogP contribution in [0.15, 0.2) is 12.3 Å². The smallest absolute Gasteiger partial charge is 0.313 e. The zero-order valence-electron chi connectivity index (χ0n) is 12.4. The summed E-state index contributed by atoms with van der Waals surface area (Å²) in [5, 5.41) is 0. The maximum atomic E-state index is 11.8. The van der Waals surface area contributed by atoms with E-state index in [1.165, 1.54) is 44.8 Å². The first-order valence-corrected chi connectivity index (χ1v) is 8.02. The van der Waals surface area contributed by atoms with Gasteiger partial charge < -0.3 is 4.74 Å². The first-order valence-electron chi connectivity index (χ1n) is 8.02. The van der Waals surface area contributed by atoms with Gasteiger partial charge in [-0.1, -0.05) is 25.8 Å². The van der Waals surface area contributed by atoms with Gasteiger partial charge in [0.05, 0.1) is 12.2 Å². The molecule has 0 atom stereocenters. The van der Waals surface area contributed by atoms with Crippen molar-refractivity contribution in [2.24, 2.45) is 23.7 Å². The average Bonchev–Trinajstić information content (AvgIpc) is 2.46. The molecule has 2 aliphatic carbocycles. The Morgan fingerprint density at radius 3 is 2.00 bits per heavy atom. The molecule has 0 aromatic carbocycles. The van der Waals surface area contributed by atoms with Crippen LogP contribution in [0.2, 0.25) is 0 Å². The first-order chi connectivity index (χ1) is 9.20. The molecule has 2 nitrogen and oxygen atoms in total. The molecule has 0 spiro atoms. The predicted molar refractivity (Wildman–Crippen MR) is 77.5 cm³/mol. The lowest BCUT2D eigenvalue weighted by Crippen LogP contribution is -2.28. The van der Waals surface area contributed by atoms with Gasteiger partial charge in [0.25, 0.3) is 0 Å². The monoisotopic (exact) mass is 264 g/mol. The van der Waals surface area contributed by atoms with Crippen molar-refractivity contribution in [3.05, 3.63) is 12.3 Å². The van der Waals surface area contributed by atoms with Crippen LogP contribution in [0.25, 0.3) is 0 Å². The SMILES string of the molecule is CC=COC(=O)C1CCC(C2CCC(C)CC2)CC1. The van der Waals surface area contributed by atoms with Gasteiger partial charge in [0.15, 0.2) is 0 Å². The molecule has 0 unspecified atom stereocenters. The van der Waals surface area contributed by atoms with Gasteiger partial charge in [-0.05, 0) is 63.2 Å². The maximum Gasteiger partial charge on any atom is 0.313 e. The van der Waals surface area contributed by atoms with Crippen molar-refractivity contribution in [1.82, 2.24) is 0 Å². The number of carbonyl (C=O) groups excluding carboxylic acids is 1. The molecule has 0 bridgehead atoms. The number of ether oxygens (including phenoxy) is 1. The topological polar surface area (TPSA) is 26.3 Å². The minimum atomic E-state index is -0.0196. The lowest BCUT2D eigenvalue weighted by Gasteiger charge is -2.36. The van der Waals surface area contributed by atoms with E-state index in [4.69, 9.17) is 4.74 Å². The van der Waals surface area contributed by atoms with Crippen molar-refractivity contribution in [1.29, 1.82) is 0 Å². The van der Waals surface area contributed by atoms with Gasteiger partial charge in [-0.2, -0.15) is 0 Å². The molecule has 108 valence electrons.